The molecule has 0 bridgehead atoms. The minimum atomic E-state index is -0.0769. The summed E-state index contributed by atoms with van der Waals surface area (Å²) < 4.78 is 10.7. The summed E-state index contributed by atoms with van der Waals surface area (Å²) in [6.45, 7) is 2.20. The summed E-state index contributed by atoms with van der Waals surface area (Å²) in [4.78, 5) is 12.1. The molecule has 1 heterocycles. The van der Waals surface area contributed by atoms with Crippen molar-refractivity contribution in [3.05, 3.63) is 30.7 Å². The monoisotopic (exact) mass is 315 g/mol. The number of carbonyl (C=O) groups excluding carboxylic acids is 1. The maximum atomic E-state index is 12.1. The number of benzene rings is 1. The van der Waals surface area contributed by atoms with E-state index in [1.54, 1.807) is 12.1 Å². The molecule has 2 aromatic rings. The van der Waals surface area contributed by atoms with Crippen LogP contribution in [0.4, 0.5) is 0 Å². The van der Waals surface area contributed by atoms with Crippen molar-refractivity contribution in [2.75, 3.05) is 6.61 Å². The topological polar surface area (TPSA) is 77.2 Å². The van der Waals surface area contributed by atoms with E-state index in [-0.39, 0.29) is 18.6 Å². The molecule has 0 aliphatic heterocycles. The average molecular weight is 315 g/mol. The zero-order valence-corrected chi connectivity index (χ0v) is 13.2. The molecule has 1 aromatic carbocycles. The van der Waals surface area contributed by atoms with Crippen LogP contribution in [0.2, 0.25) is 0 Å². The molecule has 23 heavy (non-hydrogen) atoms. The van der Waals surface area contributed by atoms with Gasteiger partial charge in [-0.3, -0.25) is 4.79 Å². The van der Waals surface area contributed by atoms with E-state index in [4.69, 9.17) is 9.15 Å². The highest BCUT2D eigenvalue weighted by Crippen LogP contribution is 2.24. The molecule has 2 atom stereocenters. The zero-order chi connectivity index (χ0) is 16.1. The van der Waals surface area contributed by atoms with Crippen molar-refractivity contribution in [3.63, 3.8) is 0 Å². The highest BCUT2D eigenvalue weighted by molar-refractivity contribution is 5.78. The Labute approximate surface area is 135 Å². The zero-order valence-electron chi connectivity index (χ0n) is 13.2. The summed E-state index contributed by atoms with van der Waals surface area (Å²) in [5, 5.41) is 10.6. The minimum Gasteiger partial charge on any atom is -0.484 e. The van der Waals surface area contributed by atoms with Gasteiger partial charge in [0.1, 0.15) is 5.75 Å². The smallest absolute Gasteiger partial charge is 0.258 e. The predicted molar refractivity (Wildman–Crippen MR) is 84.8 cm³/mol. The fraction of sp³-hybridized carbons (Fsp3) is 0.471. The van der Waals surface area contributed by atoms with Gasteiger partial charge in [0.2, 0.25) is 12.3 Å². The molecule has 122 valence electrons. The first-order chi connectivity index (χ1) is 11.2. The highest BCUT2D eigenvalue weighted by atomic mass is 16.5. The molecular formula is C17H21N3O3. The molecule has 2 unspecified atom stereocenters. The molecule has 1 saturated carbocycles. The Bertz CT molecular complexity index is 642. The largest absolute Gasteiger partial charge is 0.484 e. The van der Waals surface area contributed by atoms with E-state index in [0.29, 0.717) is 17.6 Å². The first-order valence-corrected chi connectivity index (χ1v) is 8.01. The van der Waals surface area contributed by atoms with Crippen LogP contribution in [0, 0.1) is 5.92 Å². The summed E-state index contributed by atoms with van der Waals surface area (Å²) in [5.41, 5.74) is 0.765. The number of rotatable bonds is 5. The third kappa shape index (κ3) is 4.09. The SMILES string of the molecule is CC1CCCCC1NC(=O)COc1cccc(-c2nnco2)c1. The summed E-state index contributed by atoms with van der Waals surface area (Å²) >= 11 is 0. The second-order valence-corrected chi connectivity index (χ2v) is 6.00. The quantitative estimate of drug-likeness (QED) is 0.918. The lowest BCUT2D eigenvalue weighted by molar-refractivity contribution is -0.124. The van der Waals surface area contributed by atoms with Gasteiger partial charge in [-0.05, 0) is 37.0 Å². The van der Waals surface area contributed by atoms with Gasteiger partial charge in [-0.15, -0.1) is 10.2 Å². The molecule has 1 N–H and O–H groups in total. The Morgan fingerprint density at radius 3 is 3.04 bits per heavy atom. The van der Waals surface area contributed by atoms with Crippen molar-refractivity contribution in [1.82, 2.24) is 15.5 Å². The van der Waals surface area contributed by atoms with Crippen molar-refractivity contribution < 1.29 is 13.9 Å². The number of amides is 1. The number of carbonyl (C=O) groups is 1. The summed E-state index contributed by atoms with van der Waals surface area (Å²) in [5.74, 6) is 1.49. The molecule has 0 saturated heterocycles. The summed E-state index contributed by atoms with van der Waals surface area (Å²) in [6.07, 6.45) is 5.95. The van der Waals surface area contributed by atoms with Gasteiger partial charge in [0.15, 0.2) is 6.61 Å². The summed E-state index contributed by atoms with van der Waals surface area (Å²) in [7, 11) is 0. The maximum Gasteiger partial charge on any atom is 0.258 e. The van der Waals surface area contributed by atoms with Crippen LogP contribution in [-0.4, -0.2) is 28.8 Å². The Hall–Kier alpha value is -2.37. The van der Waals surface area contributed by atoms with Crippen LogP contribution in [0.3, 0.4) is 0 Å². The molecule has 6 nitrogen and oxygen atoms in total. The lowest BCUT2D eigenvalue weighted by Gasteiger charge is -2.29. The average Bonchev–Trinajstić information content (AvgIpc) is 3.10. The fourth-order valence-corrected chi connectivity index (χ4v) is 2.95. The standard InChI is InChI=1S/C17H21N3O3/c1-12-5-2-3-8-15(12)19-16(21)10-22-14-7-4-6-13(9-14)17-20-18-11-23-17/h4,6-7,9,11-12,15H,2-3,5,8,10H2,1H3,(H,19,21). The number of hydrogen-bond acceptors (Lipinski definition) is 5. The van der Waals surface area contributed by atoms with E-state index in [1.165, 1.54) is 25.7 Å². The lowest BCUT2D eigenvalue weighted by atomic mass is 9.86. The third-order valence-corrected chi connectivity index (χ3v) is 4.27. The molecule has 3 rings (SSSR count). The van der Waals surface area contributed by atoms with E-state index < -0.39 is 0 Å². The molecule has 1 aromatic heterocycles. The van der Waals surface area contributed by atoms with Gasteiger partial charge in [-0.25, -0.2) is 0 Å². The molecule has 1 aliphatic rings. The van der Waals surface area contributed by atoms with Crippen molar-refractivity contribution >= 4 is 5.91 Å². The van der Waals surface area contributed by atoms with Gasteiger partial charge < -0.3 is 14.5 Å². The Morgan fingerprint density at radius 1 is 1.39 bits per heavy atom. The van der Waals surface area contributed by atoms with Crippen LogP contribution in [0.15, 0.2) is 35.1 Å². The van der Waals surface area contributed by atoms with Crippen molar-refractivity contribution in [1.29, 1.82) is 0 Å². The van der Waals surface area contributed by atoms with Gasteiger partial charge in [0.25, 0.3) is 5.91 Å². The van der Waals surface area contributed by atoms with Crippen molar-refractivity contribution in [3.8, 4) is 17.2 Å². The van der Waals surface area contributed by atoms with Crippen LogP contribution in [0.1, 0.15) is 32.6 Å². The fourth-order valence-electron chi connectivity index (χ4n) is 2.95. The minimum absolute atomic E-state index is 0.0104. The molecule has 1 amide bonds. The second kappa shape index (κ2) is 7.26. The van der Waals surface area contributed by atoms with E-state index in [9.17, 15) is 4.79 Å². The first-order valence-electron chi connectivity index (χ1n) is 8.01. The van der Waals surface area contributed by atoms with Gasteiger partial charge in [0.05, 0.1) is 0 Å². The van der Waals surface area contributed by atoms with Crippen LogP contribution in [0.5, 0.6) is 5.75 Å². The summed E-state index contributed by atoms with van der Waals surface area (Å²) in [6, 6.07) is 7.53. The third-order valence-electron chi connectivity index (χ3n) is 4.27. The molecular weight excluding hydrogens is 294 g/mol. The van der Waals surface area contributed by atoms with E-state index in [1.807, 2.05) is 12.1 Å². The van der Waals surface area contributed by atoms with Crippen molar-refractivity contribution in [2.24, 2.45) is 5.92 Å². The van der Waals surface area contributed by atoms with Crippen LogP contribution in [0.25, 0.3) is 11.5 Å². The van der Waals surface area contributed by atoms with Crippen LogP contribution >= 0.6 is 0 Å². The number of hydrogen-bond donors (Lipinski definition) is 1. The maximum absolute atomic E-state index is 12.1. The Morgan fingerprint density at radius 2 is 2.26 bits per heavy atom. The van der Waals surface area contributed by atoms with Crippen molar-refractivity contribution in [2.45, 2.75) is 38.6 Å². The molecule has 0 spiro atoms. The van der Waals surface area contributed by atoms with Crippen LogP contribution < -0.4 is 10.1 Å². The highest BCUT2D eigenvalue weighted by Gasteiger charge is 2.22. The number of ether oxygens (including phenoxy) is 1. The van der Waals surface area contributed by atoms with Gasteiger partial charge in [-0.2, -0.15) is 0 Å². The number of nitrogens with zero attached hydrogens (tertiary/aromatic N) is 2. The van der Waals surface area contributed by atoms with Gasteiger partial charge in [0, 0.05) is 11.6 Å². The van der Waals surface area contributed by atoms with Gasteiger partial charge in [-0.1, -0.05) is 25.8 Å². The first kappa shape index (κ1) is 15.5. The normalized spacial score (nSPS) is 20.9. The molecule has 0 radical (unpaired) electrons. The number of nitrogens with one attached hydrogen (secondary N) is 1. The van der Waals surface area contributed by atoms with Gasteiger partial charge >= 0.3 is 0 Å². The predicted octanol–water partition coefficient (Wildman–Crippen LogP) is 2.81. The van der Waals surface area contributed by atoms with E-state index in [2.05, 4.69) is 22.4 Å². The molecule has 1 fully saturated rings. The number of aromatic nitrogens is 2. The Balaban J connectivity index is 1.54. The van der Waals surface area contributed by atoms with E-state index in [0.717, 1.165) is 12.0 Å². The Kier molecular flexibility index (Phi) is 4.90. The second-order valence-electron chi connectivity index (χ2n) is 6.00. The molecule has 1 aliphatic carbocycles. The van der Waals surface area contributed by atoms with Crippen LogP contribution in [-0.2, 0) is 4.79 Å². The molecule has 6 heteroatoms. The van der Waals surface area contributed by atoms with E-state index >= 15 is 0 Å². The lowest BCUT2D eigenvalue weighted by Crippen LogP contribution is -2.43.